The first-order valence-corrected chi connectivity index (χ1v) is 6.32. The number of hydrogen-bond donors (Lipinski definition) is 0. The Morgan fingerprint density at radius 3 is 2.19 bits per heavy atom. The molecule has 16 heavy (non-hydrogen) atoms. The minimum atomic E-state index is 0.297. The molecule has 1 saturated heterocycles. The van der Waals surface area contributed by atoms with Gasteiger partial charge in [-0.2, -0.15) is 0 Å². The van der Waals surface area contributed by atoms with Crippen LogP contribution in [-0.2, 0) is 0 Å². The molecule has 1 fully saturated rings. The molecular weight excluding hydrogens is 194 g/mol. The highest BCUT2D eigenvalue weighted by molar-refractivity contribution is 5.24. The number of hydrogen-bond acceptors (Lipinski definition) is 1. The molecule has 0 aromatic heterocycles. The highest BCUT2D eigenvalue weighted by Gasteiger charge is 2.35. The molecular formula is C15H27N. The summed E-state index contributed by atoms with van der Waals surface area (Å²) in [6.45, 7) is 20.0. The lowest BCUT2D eigenvalue weighted by atomic mass is 9.88. The Kier molecular flexibility index (Phi) is 4.01. The SMILES string of the molecule is C=C/C(C)=C(\C)[C@@H]1CN(C(C)(C)C)C[C@H]1C. The van der Waals surface area contributed by atoms with Gasteiger partial charge in [-0.05, 0) is 46.5 Å². The Balaban J connectivity index is 2.84. The first-order chi connectivity index (χ1) is 7.27. The zero-order valence-electron chi connectivity index (χ0n) is 11.8. The molecule has 1 aliphatic rings. The van der Waals surface area contributed by atoms with E-state index in [2.05, 4.69) is 53.0 Å². The van der Waals surface area contributed by atoms with Crippen LogP contribution in [0.1, 0.15) is 41.5 Å². The maximum absolute atomic E-state index is 3.87. The first-order valence-electron chi connectivity index (χ1n) is 6.32. The quantitative estimate of drug-likeness (QED) is 0.640. The maximum atomic E-state index is 3.87. The Hall–Kier alpha value is -0.560. The van der Waals surface area contributed by atoms with Gasteiger partial charge in [0, 0.05) is 18.6 Å². The minimum Gasteiger partial charge on any atom is -0.298 e. The van der Waals surface area contributed by atoms with Crippen molar-refractivity contribution in [2.24, 2.45) is 11.8 Å². The van der Waals surface area contributed by atoms with Crippen LogP contribution in [0.2, 0.25) is 0 Å². The Morgan fingerprint density at radius 1 is 1.25 bits per heavy atom. The van der Waals surface area contributed by atoms with Gasteiger partial charge in [0.2, 0.25) is 0 Å². The van der Waals surface area contributed by atoms with Gasteiger partial charge in [-0.1, -0.05) is 30.7 Å². The third-order valence-electron chi connectivity index (χ3n) is 4.05. The van der Waals surface area contributed by atoms with E-state index >= 15 is 0 Å². The number of allylic oxidation sites excluding steroid dienone is 2. The molecule has 1 nitrogen and oxygen atoms in total. The van der Waals surface area contributed by atoms with Crippen molar-refractivity contribution < 1.29 is 0 Å². The molecule has 0 aromatic rings. The summed E-state index contributed by atoms with van der Waals surface area (Å²) in [6, 6.07) is 0. The first kappa shape index (κ1) is 13.5. The van der Waals surface area contributed by atoms with E-state index in [0.717, 1.165) is 5.92 Å². The maximum Gasteiger partial charge on any atom is 0.0125 e. The van der Waals surface area contributed by atoms with Gasteiger partial charge in [-0.15, -0.1) is 0 Å². The van der Waals surface area contributed by atoms with Crippen LogP contribution in [0.15, 0.2) is 23.8 Å². The highest BCUT2D eigenvalue weighted by Crippen LogP contribution is 2.34. The van der Waals surface area contributed by atoms with E-state index in [-0.39, 0.29) is 0 Å². The normalized spacial score (nSPS) is 29.1. The average molecular weight is 221 g/mol. The third-order valence-corrected chi connectivity index (χ3v) is 4.05. The van der Waals surface area contributed by atoms with Crippen molar-refractivity contribution in [2.75, 3.05) is 13.1 Å². The van der Waals surface area contributed by atoms with Crippen molar-refractivity contribution in [3.05, 3.63) is 23.8 Å². The molecule has 0 spiro atoms. The van der Waals surface area contributed by atoms with E-state index in [1.54, 1.807) is 0 Å². The van der Waals surface area contributed by atoms with E-state index in [0.29, 0.717) is 11.5 Å². The summed E-state index contributed by atoms with van der Waals surface area (Å²) >= 11 is 0. The Labute approximate surface area is 101 Å². The summed E-state index contributed by atoms with van der Waals surface area (Å²) in [5, 5.41) is 0. The summed E-state index contributed by atoms with van der Waals surface area (Å²) in [6.07, 6.45) is 1.99. The van der Waals surface area contributed by atoms with Crippen molar-refractivity contribution >= 4 is 0 Å². The lowest BCUT2D eigenvalue weighted by Crippen LogP contribution is -2.39. The molecule has 2 atom stereocenters. The fraction of sp³-hybridized carbons (Fsp3) is 0.733. The van der Waals surface area contributed by atoms with Crippen LogP contribution in [0.4, 0.5) is 0 Å². The molecule has 0 saturated carbocycles. The van der Waals surface area contributed by atoms with E-state index in [4.69, 9.17) is 0 Å². The lowest BCUT2D eigenvalue weighted by molar-refractivity contribution is 0.167. The summed E-state index contributed by atoms with van der Waals surface area (Å²) in [7, 11) is 0. The van der Waals surface area contributed by atoms with Gasteiger partial charge in [0.1, 0.15) is 0 Å². The van der Waals surface area contributed by atoms with E-state index in [1.165, 1.54) is 24.2 Å². The van der Waals surface area contributed by atoms with Crippen molar-refractivity contribution in [2.45, 2.75) is 47.1 Å². The fourth-order valence-corrected chi connectivity index (χ4v) is 2.53. The van der Waals surface area contributed by atoms with Crippen LogP contribution in [0.25, 0.3) is 0 Å². The second kappa shape index (κ2) is 4.75. The van der Waals surface area contributed by atoms with Crippen LogP contribution in [0.3, 0.4) is 0 Å². The summed E-state index contributed by atoms with van der Waals surface area (Å²) in [5.41, 5.74) is 3.17. The summed E-state index contributed by atoms with van der Waals surface area (Å²) in [5.74, 6) is 1.46. The monoisotopic (exact) mass is 221 g/mol. The van der Waals surface area contributed by atoms with Gasteiger partial charge >= 0.3 is 0 Å². The molecule has 0 bridgehead atoms. The molecule has 0 aliphatic carbocycles. The van der Waals surface area contributed by atoms with Gasteiger partial charge in [-0.3, -0.25) is 4.90 Å². The predicted octanol–water partition coefficient (Wildman–Crippen LogP) is 3.88. The van der Waals surface area contributed by atoms with Crippen LogP contribution in [-0.4, -0.2) is 23.5 Å². The molecule has 0 unspecified atom stereocenters. The van der Waals surface area contributed by atoms with Crippen LogP contribution in [0, 0.1) is 11.8 Å². The average Bonchev–Trinajstić information content (AvgIpc) is 2.57. The van der Waals surface area contributed by atoms with Crippen molar-refractivity contribution in [1.82, 2.24) is 4.90 Å². The van der Waals surface area contributed by atoms with Crippen molar-refractivity contribution in [3.8, 4) is 0 Å². The predicted molar refractivity (Wildman–Crippen MR) is 72.6 cm³/mol. The molecule has 0 amide bonds. The Morgan fingerprint density at radius 2 is 1.81 bits per heavy atom. The molecule has 1 heteroatoms. The second-order valence-electron chi connectivity index (χ2n) is 6.23. The Bertz CT molecular complexity index is 293. The van der Waals surface area contributed by atoms with Crippen LogP contribution in [0.5, 0.6) is 0 Å². The molecule has 1 rings (SSSR count). The smallest absolute Gasteiger partial charge is 0.0125 e. The summed E-state index contributed by atoms with van der Waals surface area (Å²) in [4.78, 5) is 2.60. The van der Waals surface area contributed by atoms with E-state index in [9.17, 15) is 0 Å². The number of nitrogens with zero attached hydrogens (tertiary/aromatic N) is 1. The molecule has 0 N–H and O–H groups in total. The topological polar surface area (TPSA) is 3.24 Å². The third kappa shape index (κ3) is 2.76. The second-order valence-corrected chi connectivity index (χ2v) is 6.23. The molecule has 0 aromatic carbocycles. The van der Waals surface area contributed by atoms with Gasteiger partial charge in [0.25, 0.3) is 0 Å². The summed E-state index contributed by atoms with van der Waals surface area (Å²) < 4.78 is 0. The lowest BCUT2D eigenvalue weighted by Gasteiger charge is -2.32. The molecule has 92 valence electrons. The standard InChI is InChI=1S/C15H27N/c1-8-11(2)13(4)14-10-16(9-12(14)3)15(5,6)7/h8,12,14H,1,9-10H2,2-7H3/b13-11+/t12-,14-/m1/s1. The highest BCUT2D eigenvalue weighted by atomic mass is 15.2. The fourth-order valence-electron chi connectivity index (χ4n) is 2.53. The van der Waals surface area contributed by atoms with Gasteiger partial charge < -0.3 is 0 Å². The van der Waals surface area contributed by atoms with E-state index < -0.39 is 0 Å². The van der Waals surface area contributed by atoms with E-state index in [1.807, 2.05) is 6.08 Å². The largest absolute Gasteiger partial charge is 0.298 e. The van der Waals surface area contributed by atoms with Crippen LogP contribution < -0.4 is 0 Å². The molecule has 1 aliphatic heterocycles. The molecule has 0 radical (unpaired) electrons. The van der Waals surface area contributed by atoms with Crippen molar-refractivity contribution in [1.29, 1.82) is 0 Å². The molecule has 1 heterocycles. The number of rotatable bonds is 2. The van der Waals surface area contributed by atoms with Gasteiger partial charge in [0.05, 0.1) is 0 Å². The zero-order chi connectivity index (χ0) is 12.5. The van der Waals surface area contributed by atoms with Gasteiger partial charge in [-0.25, -0.2) is 0 Å². The minimum absolute atomic E-state index is 0.297. The van der Waals surface area contributed by atoms with Crippen LogP contribution >= 0.6 is 0 Å². The van der Waals surface area contributed by atoms with Crippen molar-refractivity contribution in [3.63, 3.8) is 0 Å². The number of likely N-dealkylation sites (tertiary alicyclic amines) is 1. The zero-order valence-corrected chi connectivity index (χ0v) is 11.8. The van der Waals surface area contributed by atoms with Gasteiger partial charge in [0.15, 0.2) is 0 Å².